The van der Waals surface area contributed by atoms with Gasteiger partial charge in [0.05, 0.1) is 18.3 Å². The van der Waals surface area contributed by atoms with Gasteiger partial charge in [-0.25, -0.2) is 0 Å². The normalized spacial score (nSPS) is 15.9. The van der Waals surface area contributed by atoms with Crippen molar-refractivity contribution in [3.05, 3.63) is 0 Å². The molecular formula is C58H121N5O4. The van der Waals surface area contributed by atoms with Crippen LogP contribution in [-0.2, 0) is 0 Å². The molecule has 4 atom stereocenters. The van der Waals surface area contributed by atoms with E-state index in [0.29, 0.717) is 13.1 Å². The summed E-state index contributed by atoms with van der Waals surface area (Å²) in [5, 5.41) is 45.1. The fourth-order valence-electron chi connectivity index (χ4n) is 10.3. The maximum absolute atomic E-state index is 11.8. The summed E-state index contributed by atoms with van der Waals surface area (Å²) in [5.74, 6) is 0. The van der Waals surface area contributed by atoms with Crippen LogP contribution in [0.3, 0.4) is 0 Å². The van der Waals surface area contributed by atoms with Gasteiger partial charge in [0.2, 0.25) is 0 Å². The molecule has 1 heterocycles. The minimum Gasteiger partial charge on any atom is -0.392 e. The molecule has 402 valence electrons. The second-order valence-electron chi connectivity index (χ2n) is 21.7. The number of likely N-dealkylation sites (N-methyl/N-ethyl adjacent to an activating group) is 1. The third-order valence-electron chi connectivity index (χ3n) is 15.0. The van der Waals surface area contributed by atoms with Crippen molar-refractivity contribution in [2.75, 3.05) is 92.1 Å². The van der Waals surface area contributed by atoms with Crippen molar-refractivity contribution >= 4 is 0 Å². The second-order valence-corrected chi connectivity index (χ2v) is 21.7. The molecule has 0 aliphatic carbocycles. The Morgan fingerprint density at radius 1 is 0.343 bits per heavy atom. The summed E-state index contributed by atoms with van der Waals surface area (Å²) in [6, 6.07) is 0. The average Bonchev–Trinajstić information content (AvgIpc) is 3.32. The first-order valence-electron chi connectivity index (χ1n) is 30.0. The van der Waals surface area contributed by atoms with Gasteiger partial charge in [0, 0.05) is 85.1 Å². The van der Waals surface area contributed by atoms with E-state index in [2.05, 4.69) is 59.2 Å². The predicted octanol–water partition coefficient (Wildman–Crippen LogP) is 12.7. The number of aliphatic hydroxyl groups is 4. The van der Waals surface area contributed by atoms with Crippen LogP contribution in [-0.4, -0.2) is 162 Å². The largest absolute Gasteiger partial charge is 0.392 e. The molecule has 9 heteroatoms. The minimum absolute atomic E-state index is 0.225. The van der Waals surface area contributed by atoms with Gasteiger partial charge < -0.3 is 25.3 Å². The highest BCUT2D eigenvalue weighted by molar-refractivity contribution is 4.77. The summed E-state index contributed by atoms with van der Waals surface area (Å²) >= 11 is 0. The highest BCUT2D eigenvalue weighted by Gasteiger charge is 2.23. The lowest BCUT2D eigenvalue weighted by Crippen LogP contribution is -2.51. The average molecular weight is 953 g/mol. The van der Waals surface area contributed by atoms with Gasteiger partial charge in [0.25, 0.3) is 0 Å². The van der Waals surface area contributed by atoms with Crippen molar-refractivity contribution in [1.82, 2.24) is 24.5 Å². The molecular weight excluding hydrogens is 831 g/mol. The maximum Gasteiger partial charge on any atom is 0.107 e. The Kier molecular flexibility index (Phi) is 46.3. The quantitative estimate of drug-likeness (QED) is 0.0351. The molecule has 1 aliphatic rings. The van der Waals surface area contributed by atoms with Crippen molar-refractivity contribution in [3.63, 3.8) is 0 Å². The van der Waals surface area contributed by atoms with E-state index in [0.717, 1.165) is 123 Å². The van der Waals surface area contributed by atoms with Gasteiger partial charge >= 0.3 is 0 Å². The van der Waals surface area contributed by atoms with Gasteiger partial charge in [0.15, 0.2) is 0 Å². The molecule has 1 rings (SSSR count). The number of nitrogens with zero attached hydrogens (tertiary/aromatic N) is 5. The molecule has 1 fully saturated rings. The van der Waals surface area contributed by atoms with Gasteiger partial charge in [0.1, 0.15) is 6.23 Å². The highest BCUT2D eigenvalue weighted by atomic mass is 16.3. The maximum atomic E-state index is 11.8. The lowest BCUT2D eigenvalue weighted by molar-refractivity contribution is -0.0214. The molecule has 4 unspecified atom stereocenters. The Hall–Kier alpha value is -0.360. The number of piperazine rings is 1. The van der Waals surface area contributed by atoms with Crippen molar-refractivity contribution in [3.8, 4) is 0 Å². The van der Waals surface area contributed by atoms with E-state index in [1.165, 1.54) is 180 Å². The summed E-state index contributed by atoms with van der Waals surface area (Å²) in [5.41, 5.74) is 0. The van der Waals surface area contributed by atoms with E-state index in [-0.39, 0.29) is 18.3 Å². The predicted molar refractivity (Wildman–Crippen MR) is 291 cm³/mol. The Bertz CT molecular complexity index is 961. The van der Waals surface area contributed by atoms with Crippen LogP contribution in [0.2, 0.25) is 0 Å². The zero-order valence-corrected chi connectivity index (χ0v) is 46.0. The van der Waals surface area contributed by atoms with Gasteiger partial charge in [-0.05, 0) is 39.2 Å². The van der Waals surface area contributed by atoms with E-state index in [9.17, 15) is 20.4 Å². The van der Waals surface area contributed by atoms with E-state index in [4.69, 9.17) is 0 Å². The first-order valence-corrected chi connectivity index (χ1v) is 30.0. The molecule has 9 nitrogen and oxygen atoms in total. The monoisotopic (exact) mass is 952 g/mol. The summed E-state index contributed by atoms with van der Waals surface area (Å²) < 4.78 is 0. The molecule has 0 radical (unpaired) electrons. The Labute approximate surface area is 419 Å². The molecule has 1 aliphatic heterocycles. The highest BCUT2D eigenvalue weighted by Crippen LogP contribution is 2.17. The molecule has 0 aromatic heterocycles. The van der Waals surface area contributed by atoms with Crippen LogP contribution in [0.25, 0.3) is 0 Å². The first-order chi connectivity index (χ1) is 32.7. The fraction of sp³-hybridized carbons (Fsp3) is 1.00. The summed E-state index contributed by atoms with van der Waals surface area (Å²) in [6.07, 6.45) is 42.8. The van der Waals surface area contributed by atoms with E-state index < -0.39 is 6.23 Å². The van der Waals surface area contributed by atoms with Crippen molar-refractivity contribution in [2.45, 2.75) is 283 Å². The summed E-state index contributed by atoms with van der Waals surface area (Å²) in [4.78, 5) is 12.1. The topological polar surface area (TPSA) is 97.1 Å². The van der Waals surface area contributed by atoms with Gasteiger partial charge in [-0.15, -0.1) is 0 Å². The van der Waals surface area contributed by atoms with Crippen molar-refractivity contribution in [2.24, 2.45) is 0 Å². The molecule has 1 saturated heterocycles. The molecule has 0 saturated carbocycles. The van der Waals surface area contributed by atoms with Crippen LogP contribution in [0.5, 0.6) is 0 Å². The molecule has 0 aromatic rings. The molecule has 0 aromatic carbocycles. The van der Waals surface area contributed by atoms with Crippen LogP contribution >= 0.6 is 0 Å². The lowest BCUT2D eigenvalue weighted by Gasteiger charge is -2.38. The molecule has 0 amide bonds. The van der Waals surface area contributed by atoms with Crippen LogP contribution in [0.4, 0.5) is 0 Å². The Balaban J connectivity index is 2.73. The number of hydrogen-bond donors (Lipinski definition) is 4. The smallest absolute Gasteiger partial charge is 0.107 e. The lowest BCUT2D eigenvalue weighted by atomic mass is 10.0. The first kappa shape index (κ1) is 64.7. The third kappa shape index (κ3) is 40.9. The van der Waals surface area contributed by atoms with Crippen LogP contribution in [0, 0.1) is 0 Å². The minimum atomic E-state index is -0.464. The Morgan fingerprint density at radius 2 is 0.642 bits per heavy atom. The zero-order valence-electron chi connectivity index (χ0n) is 46.0. The van der Waals surface area contributed by atoms with Gasteiger partial charge in [-0.1, -0.05) is 227 Å². The van der Waals surface area contributed by atoms with E-state index in [1.807, 2.05) is 0 Å². The Morgan fingerprint density at radius 3 is 1.00 bits per heavy atom. The zero-order chi connectivity index (χ0) is 48.8. The van der Waals surface area contributed by atoms with E-state index in [1.54, 1.807) is 0 Å². The number of rotatable bonds is 52. The van der Waals surface area contributed by atoms with Crippen LogP contribution in [0.1, 0.15) is 259 Å². The number of unbranched alkanes of at least 4 members (excludes halogenated alkanes) is 28. The molecule has 0 spiro atoms. The molecule has 4 N–H and O–H groups in total. The molecule has 0 bridgehead atoms. The van der Waals surface area contributed by atoms with Crippen LogP contribution < -0.4 is 0 Å². The van der Waals surface area contributed by atoms with E-state index >= 15 is 0 Å². The van der Waals surface area contributed by atoms with Gasteiger partial charge in [-0.3, -0.25) is 19.6 Å². The third-order valence-corrected chi connectivity index (χ3v) is 15.0. The molecule has 67 heavy (non-hydrogen) atoms. The number of hydrogen-bond acceptors (Lipinski definition) is 9. The summed E-state index contributed by atoms with van der Waals surface area (Å²) in [6.45, 7) is 20.6. The van der Waals surface area contributed by atoms with Gasteiger partial charge in [-0.2, -0.15) is 0 Å². The second kappa shape index (κ2) is 47.9. The summed E-state index contributed by atoms with van der Waals surface area (Å²) in [7, 11) is 2.16. The SMILES string of the molecule is CCCCCCCCCCC(O)CN(C)CCN1CCN(CCN(CCN(CC(O)CCCCCCCCCC)CC(O)CCCCCCCCCC)C(O)CCCCCCCCCC)CC1. The van der Waals surface area contributed by atoms with Crippen molar-refractivity contribution < 1.29 is 20.4 Å². The van der Waals surface area contributed by atoms with Crippen LogP contribution in [0.15, 0.2) is 0 Å². The van der Waals surface area contributed by atoms with Crippen molar-refractivity contribution in [1.29, 1.82) is 0 Å². The number of aliphatic hydroxyl groups excluding tert-OH is 4. The standard InChI is InChI=1S/C58H121N5O4/c1-6-10-14-18-22-26-30-34-38-55(64)52-59(5)42-43-60-44-46-61(47-45-60)48-50-63(58(67)41-37-33-29-25-21-17-13-9-4)51-49-62(53-56(65)39-35-31-27-23-19-15-11-7-2)54-57(66)40-36-32-28-24-20-16-12-8-3/h55-58,64-67H,6-54H2,1-5H3. The fourth-order valence-corrected chi connectivity index (χ4v) is 10.3.